The van der Waals surface area contributed by atoms with E-state index in [1.165, 1.54) is 0 Å². The molecule has 0 radical (unpaired) electrons. The highest BCUT2D eigenvalue weighted by atomic mass is 35.5. The highest BCUT2D eigenvalue weighted by Crippen LogP contribution is 2.25. The van der Waals surface area contributed by atoms with Crippen LogP contribution in [0.25, 0.3) is 0 Å². The number of nitrogens with zero attached hydrogens (tertiary/aromatic N) is 2. The van der Waals surface area contributed by atoms with E-state index in [2.05, 4.69) is 4.98 Å². The second-order valence-electron chi connectivity index (χ2n) is 3.06. The van der Waals surface area contributed by atoms with Crippen LogP contribution in [0.3, 0.4) is 0 Å². The van der Waals surface area contributed by atoms with Gasteiger partial charge in [-0.25, -0.2) is 4.98 Å². The van der Waals surface area contributed by atoms with Crippen LogP contribution in [-0.2, 0) is 11.8 Å². The summed E-state index contributed by atoms with van der Waals surface area (Å²) in [6, 6.07) is 0. The first-order valence-corrected chi connectivity index (χ1v) is 4.41. The zero-order valence-electron chi connectivity index (χ0n) is 6.96. The molecule has 0 aliphatic carbocycles. The lowest BCUT2D eigenvalue weighted by atomic mass is 10.1. The molecule has 2 heterocycles. The molecule has 0 amide bonds. The van der Waals surface area contributed by atoms with E-state index in [-0.39, 0.29) is 0 Å². The molecule has 3 nitrogen and oxygen atoms in total. The lowest BCUT2D eigenvalue weighted by Crippen LogP contribution is -2.05. The summed E-state index contributed by atoms with van der Waals surface area (Å²) in [4.78, 5) is 4.25. The van der Waals surface area contributed by atoms with Gasteiger partial charge in [0.05, 0.1) is 12.8 Å². The van der Waals surface area contributed by atoms with E-state index in [1.54, 1.807) is 6.20 Å². The first kappa shape index (κ1) is 8.08. The number of rotatable bonds is 1. The van der Waals surface area contributed by atoms with E-state index in [0.29, 0.717) is 11.1 Å². The Bertz CT molecular complexity index is 279. The molecule has 1 unspecified atom stereocenters. The van der Waals surface area contributed by atoms with Crippen LogP contribution in [0.1, 0.15) is 18.2 Å². The monoisotopic (exact) mass is 186 g/mol. The summed E-state index contributed by atoms with van der Waals surface area (Å²) < 4.78 is 7.20. The fraction of sp³-hybridized carbons (Fsp3) is 0.625. The Labute approximate surface area is 76.3 Å². The van der Waals surface area contributed by atoms with Crippen molar-refractivity contribution in [3.05, 3.63) is 17.2 Å². The first-order chi connectivity index (χ1) is 5.79. The molecule has 1 fully saturated rings. The molecule has 12 heavy (non-hydrogen) atoms. The maximum Gasteiger partial charge on any atom is 0.128 e. The Morgan fingerprint density at radius 1 is 1.75 bits per heavy atom. The summed E-state index contributed by atoms with van der Waals surface area (Å²) in [6.45, 7) is 1.62. The number of hydrogen-bond acceptors (Lipinski definition) is 2. The van der Waals surface area contributed by atoms with E-state index < -0.39 is 0 Å². The third kappa shape index (κ3) is 1.23. The normalized spacial score (nSPS) is 23.3. The van der Waals surface area contributed by atoms with Crippen LogP contribution < -0.4 is 0 Å². The van der Waals surface area contributed by atoms with Gasteiger partial charge in [0, 0.05) is 19.6 Å². The van der Waals surface area contributed by atoms with Crippen LogP contribution in [0.4, 0.5) is 0 Å². The van der Waals surface area contributed by atoms with Crippen molar-refractivity contribution in [2.75, 3.05) is 13.2 Å². The molecule has 1 aliphatic heterocycles. The molecule has 2 rings (SSSR count). The molecule has 0 bridgehead atoms. The lowest BCUT2D eigenvalue weighted by Gasteiger charge is -2.06. The van der Waals surface area contributed by atoms with E-state index in [4.69, 9.17) is 16.3 Å². The average molecular weight is 187 g/mol. The summed E-state index contributed by atoms with van der Waals surface area (Å²) in [6.07, 6.45) is 2.75. The SMILES string of the molecule is Cn1c(Cl)cnc1C1CCOC1. The van der Waals surface area contributed by atoms with Crippen LogP contribution in [-0.4, -0.2) is 22.8 Å². The predicted octanol–water partition coefficient (Wildman–Crippen LogP) is 1.58. The van der Waals surface area contributed by atoms with Crippen LogP contribution in [0.2, 0.25) is 5.15 Å². The topological polar surface area (TPSA) is 27.1 Å². The fourth-order valence-corrected chi connectivity index (χ4v) is 1.65. The molecule has 1 aliphatic rings. The third-order valence-corrected chi connectivity index (χ3v) is 2.61. The molecule has 0 saturated carbocycles. The number of imidazole rings is 1. The Hall–Kier alpha value is -0.540. The van der Waals surface area contributed by atoms with Gasteiger partial charge in [-0.1, -0.05) is 11.6 Å². The van der Waals surface area contributed by atoms with Crippen LogP contribution >= 0.6 is 11.6 Å². The minimum atomic E-state index is 0.433. The average Bonchev–Trinajstić information content (AvgIpc) is 2.64. The molecule has 1 aromatic heterocycles. The number of hydrogen-bond donors (Lipinski definition) is 0. The summed E-state index contributed by atoms with van der Waals surface area (Å²) in [5, 5.41) is 0.692. The highest BCUT2D eigenvalue weighted by molar-refractivity contribution is 6.29. The second-order valence-corrected chi connectivity index (χ2v) is 3.45. The van der Waals surface area contributed by atoms with E-state index in [9.17, 15) is 0 Å². The molecular weight excluding hydrogens is 176 g/mol. The van der Waals surface area contributed by atoms with Crippen molar-refractivity contribution in [2.45, 2.75) is 12.3 Å². The van der Waals surface area contributed by atoms with Crippen molar-refractivity contribution in [1.82, 2.24) is 9.55 Å². The predicted molar refractivity (Wildman–Crippen MR) is 46.4 cm³/mol. The van der Waals surface area contributed by atoms with Gasteiger partial charge in [-0.2, -0.15) is 0 Å². The Kier molecular flexibility index (Phi) is 2.07. The van der Waals surface area contributed by atoms with Gasteiger partial charge in [0.2, 0.25) is 0 Å². The largest absolute Gasteiger partial charge is 0.381 e. The summed E-state index contributed by atoms with van der Waals surface area (Å²) in [5.74, 6) is 1.47. The first-order valence-electron chi connectivity index (χ1n) is 4.04. The molecule has 0 aromatic carbocycles. The van der Waals surface area contributed by atoms with E-state index >= 15 is 0 Å². The molecule has 1 aromatic rings. The van der Waals surface area contributed by atoms with Gasteiger partial charge in [-0.3, -0.25) is 0 Å². The molecule has 0 spiro atoms. The number of aromatic nitrogens is 2. The Balaban J connectivity index is 2.26. The van der Waals surface area contributed by atoms with Gasteiger partial charge in [-0.15, -0.1) is 0 Å². The molecule has 1 saturated heterocycles. The van der Waals surface area contributed by atoms with Crippen LogP contribution in [0.15, 0.2) is 6.20 Å². The summed E-state index contributed by atoms with van der Waals surface area (Å²) in [5.41, 5.74) is 0. The van der Waals surface area contributed by atoms with Crippen molar-refractivity contribution in [1.29, 1.82) is 0 Å². The highest BCUT2D eigenvalue weighted by Gasteiger charge is 2.22. The van der Waals surface area contributed by atoms with E-state index in [1.807, 2.05) is 11.6 Å². The van der Waals surface area contributed by atoms with Crippen LogP contribution in [0.5, 0.6) is 0 Å². The fourth-order valence-electron chi connectivity index (χ4n) is 1.52. The van der Waals surface area contributed by atoms with Crippen molar-refractivity contribution < 1.29 is 4.74 Å². The number of halogens is 1. The van der Waals surface area contributed by atoms with Gasteiger partial charge < -0.3 is 9.30 Å². The van der Waals surface area contributed by atoms with Gasteiger partial charge in [0.25, 0.3) is 0 Å². The maximum absolute atomic E-state index is 5.87. The zero-order chi connectivity index (χ0) is 8.55. The quantitative estimate of drug-likeness (QED) is 0.666. The van der Waals surface area contributed by atoms with Gasteiger partial charge >= 0.3 is 0 Å². The Morgan fingerprint density at radius 3 is 3.08 bits per heavy atom. The minimum Gasteiger partial charge on any atom is -0.381 e. The maximum atomic E-state index is 5.87. The smallest absolute Gasteiger partial charge is 0.128 e. The molecular formula is C8H11ClN2O. The number of ether oxygens (including phenoxy) is 1. The third-order valence-electron chi connectivity index (χ3n) is 2.26. The van der Waals surface area contributed by atoms with E-state index in [0.717, 1.165) is 25.5 Å². The minimum absolute atomic E-state index is 0.433. The summed E-state index contributed by atoms with van der Waals surface area (Å²) in [7, 11) is 1.93. The van der Waals surface area contributed by atoms with Gasteiger partial charge in [0.15, 0.2) is 0 Å². The standard InChI is InChI=1S/C8H11ClN2O/c1-11-7(9)4-10-8(11)6-2-3-12-5-6/h4,6H,2-3,5H2,1H3. The lowest BCUT2D eigenvalue weighted by molar-refractivity contribution is 0.193. The second kappa shape index (κ2) is 3.07. The Morgan fingerprint density at radius 2 is 2.58 bits per heavy atom. The zero-order valence-corrected chi connectivity index (χ0v) is 7.71. The molecule has 1 atom stereocenters. The summed E-state index contributed by atoms with van der Waals surface area (Å²) >= 11 is 5.87. The van der Waals surface area contributed by atoms with Crippen LogP contribution in [0, 0.1) is 0 Å². The van der Waals surface area contributed by atoms with Gasteiger partial charge in [-0.05, 0) is 6.42 Å². The van der Waals surface area contributed by atoms with Crippen molar-refractivity contribution in [3.63, 3.8) is 0 Å². The molecule has 0 N–H and O–H groups in total. The van der Waals surface area contributed by atoms with Crippen molar-refractivity contribution in [2.24, 2.45) is 7.05 Å². The van der Waals surface area contributed by atoms with Gasteiger partial charge in [0.1, 0.15) is 11.0 Å². The van der Waals surface area contributed by atoms with Crippen molar-refractivity contribution in [3.8, 4) is 0 Å². The molecule has 66 valence electrons. The molecule has 4 heteroatoms. The van der Waals surface area contributed by atoms with Crippen molar-refractivity contribution >= 4 is 11.6 Å².